The minimum atomic E-state index is -2.14. The van der Waals surface area contributed by atoms with Crippen LogP contribution in [0.1, 0.15) is 53.4 Å². The van der Waals surface area contributed by atoms with Crippen molar-refractivity contribution in [2.24, 2.45) is 17.3 Å². The third kappa shape index (κ3) is 1.60. The Labute approximate surface area is 158 Å². The Kier molecular flexibility index (Phi) is 3.67. The number of hydrogen-bond acceptors (Lipinski definition) is 7. The summed E-state index contributed by atoms with van der Waals surface area (Å²) in [6.45, 7) is 6.66. The minimum absolute atomic E-state index is 0.00929. The highest BCUT2D eigenvalue weighted by Crippen LogP contribution is 2.77. The molecule has 2 bridgehead atoms. The first-order valence-electron chi connectivity index (χ1n) is 9.76. The van der Waals surface area contributed by atoms with Crippen molar-refractivity contribution in [2.45, 2.75) is 81.9 Å². The molecule has 1 saturated heterocycles. The van der Waals surface area contributed by atoms with Gasteiger partial charge in [0.15, 0.2) is 5.60 Å². The minimum Gasteiger partial charge on any atom is -0.450 e. The Balaban J connectivity index is 2.08. The zero-order valence-corrected chi connectivity index (χ0v) is 16.3. The molecule has 0 amide bonds. The maximum absolute atomic E-state index is 12.5. The van der Waals surface area contributed by atoms with Gasteiger partial charge in [-0.05, 0) is 31.3 Å². The summed E-state index contributed by atoms with van der Waals surface area (Å²) < 4.78 is 5.69. The zero-order chi connectivity index (χ0) is 20.2. The lowest BCUT2D eigenvalue weighted by molar-refractivity contribution is -0.307. The fourth-order valence-corrected chi connectivity index (χ4v) is 6.89. The van der Waals surface area contributed by atoms with Crippen molar-refractivity contribution in [3.8, 4) is 0 Å². The molecule has 1 aliphatic heterocycles. The van der Waals surface area contributed by atoms with Crippen molar-refractivity contribution >= 4 is 5.97 Å². The summed E-state index contributed by atoms with van der Waals surface area (Å²) in [6, 6.07) is 0. The lowest BCUT2D eigenvalue weighted by atomic mass is 9.55. The predicted octanol–water partition coefficient (Wildman–Crippen LogP) is 0.0247. The molecule has 4 rings (SSSR count). The maximum atomic E-state index is 12.5. The highest BCUT2D eigenvalue weighted by atomic mass is 16.6. The van der Waals surface area contributed by atoms with Crippen LogP contribution in [0.2, 0.25) is 0 Å². The number of aliphatic hydroxyl groups excluding tert-OH is 2. The number of ether oxygens (including phenoxy) is 1. The van der Waals surface area contributed by atoms with Crippen molar-refractivity contribution < 1.29 is 35.1 Å². The number of fused-ring (bicyclic) bond motifs is 2. The Hall–Kier alpha value is -0.990. The summed E-state index contributed by atoms with van der Waals surface area (Å²) in [6.07, 6.45) is -0.883. The quantitative estimate of drug-likeness (QED) is 0.337. The van der Waals surface area contributed by atoms with Gasteiger partial charge in [0.2, 0.25) is 5.60 Å². The highest BCUT2D eigenvalue weighted by molar-refractivity contribution is 5.77. The van der Waals surface area contributed by atoms with Crippen LogP contribution in [0.25, 0.3) is 0 Å². The second kappa shape index (κ2) is 5.13. The standard InChI is InChI=1S/C20H30O7/c1-10-5-6-17(24)16(4)8-14(22)27-20(17,15(10)23)19(26)12(3)13(11(2)9-21)7-18(16,19)25/h10-11,15,21,23-26H,5-9H2,1-4H3. The highest BCUT2D eigenvalue weighted by Gasteiger charge is 2.94. The molecular formula is C20H30O7. The van der Waals surface area contributed by atoms with Crippen LogP contribution in [-0.2, 0) is 9.53 Å². The lowest BCUT2D eigenvalue weighted by Crippen LogP contribution is -2.77. The number of aliphatic hydroxyl groups is 5. The first-order valence-corrected chi connectivity index (χ1v) is 9.76. The third-order valence-corrected chi connectivity index (χ3v) is 8.61. The molecule has 0 radical (unpaired) electrons. The molecule has 4 aliphatic rings. The molecule has 7 heteroatoms. The monoisotopic (exact) mass is 382 g/mol. The van der Waals surface area contributed by atoms with E-state index in [0.717, 1.165) is 0 Å². The van der Waals surface area contributed by atoms with Crippen LogP contribution in [0, 0.1) is 17.3 Å². The van der Waals surface area contributed by atoms with Gasteiger partial charge in [-0.1, -0.05) is 26.3 Å². The van der Waals surface area contributed by atoms with Gasteiger partial charge >= 0.3 is 5.97 Å². The number of hydrogen-bond donors (Lipinski definition) is 5. The van der Waals surface area contributed by atoms with Crippen LogP contribution in [-0.4, -0.2) is 66.6 Å². The van der Waals surface area contributed by atoms with E-state index in [1.807, 2.05) is 0 Å². The molecule has 152 valence electrons. The summed E-state index contributed by atoms with van der Waals surface area (Å²) in [5, 5.41) is 56.7. The van der Waals surface area contributed by atoms with Crippen molar-refractivity contribution in [1.82, 2.24) is 0 Å². The lowest BCUT2D eigenvalue weighted by Gasteiger charge is -2.59. The fourth-order valence-electron chi connectivity index (χ4n) is 6.89. The van der Waals surface area contributed by atoms with E-state index in [9.17, 15) is 30.3 Å². The number of carbonyl (C=O) groups is 1. The van der Waals surface area contributed by atoms with Crippen LogP contribution in [0.5, 0.6) is 0 Å². The van der Waals surface area contributed by atoms with E-state index in [-0.39, 0.29) is 37.7 Å². The molecule has 7 nitrogen and oxygen atoms in total. The molecule has 2 saturated carbocycles. The van der Waals surface area contributed by atoms with Crippen molar-refractivity contribution in [3.05, 3.63) is 11.1 Å². The molecule has 0 aromatic carbocycles. The average Bonchev–Trinajstić information content (AvgIpc) is 2.85. The molecule has 27 heavy (non-hydrogen) atoms. The van der Waals surface area contributed by atoms with E-state index in [1.54, 1.807) is 27.7 Å². The molecule has 0 aromatic rings. The van der Waals surface area contributed by atoms with E-state index >= 15 is 0 Å². The molecular weight excluding hydrogens is 352 g/mol. The molecule has 0 aromatic heterocycles. The summed E-state index contributed by atoms with van der Waals surface area (Å²) in [4.78, 5) is 12.5. The van der Waals surface area contributed by atoms with E-state index in [2.05, 4.69) is 0 Å². The number of rotatable bonds is 2. The van der Waals surface area contributed by atoms with Gasteiger partial charge < -0.3 is 30.3 Å². The topological polar surface area (TPSA) is 127 Å². The van der Waals surface area contributed by atoms with E-state index < -0.39 is 39.9 Å². The summed E-state index contributed by atoms with van der Waals surface area (Å²) in [7, 11) is 0. The van der Waals surface area contributed by atoms with Crippen molar-refractivity contribution in [3.63, 3.8) is 0 Å². The predicted molar refractivity (Wildman–Crippen MR) is 94.4 cm³/mol. The third-order valence-electron chi connectivity index (χ3n) is 8.61. The second-order valence-corrected chi connectivity index (χ2v) is 9.52. The number of carbonyl (C=O) groups excluding carboxylic acids is 1. The normalized spacial score (nSPS) is 55.2. The molecule has 8 atom stereocenters. The van der Waals surface area contributed by atoms with E-state index in [1.165, 1.54) is 0 Å². The van der Waals surface area contributed by atoms with Gasteiger partial charge in [-0.2, -0.15) is 0 Å². The van der Waals surface area contributed by atoms with E-state index in [0.29, 0.717) is 17.6 Å². The zero-order valence-electron chi connectivity index (χ0n) is 16.3. The Bertz CT molecular complexity index is 749. The second-order valence-electron chi connectivity index (χ2n) is 9.52. The van der Waals surface area contributed by atoms with Gasteiger partial charge in [0.1, 0.15) is 17.3 Å². The first-order chi connectivity index (χ1) is 12.4. The molecule has 3 fully saturated rings. The smallest absolute Gasteiger partial charge is 0.307 e. The Morgan fingerprint density at radius 3 is 2.44 bits per heavy atom. The van der Waals surface area contributed by atoms with Crippen molar-refractivity contribution in [2.75, 3.05) is 6.61 Å². The van der Waals surface area contributed by atoms with Crippen LogP contribution >= 0.6 is 0 Å². The molecule has 0 spiro atoms. The first kappa shape index (κ1) is 19.3. The maximum Gasteiger partial charge on any atom is 0.307 e. The Morgan fingerprint density at radius 2 is 1.85 bits per heavy atom. The van der Waals surface area contributed by atoms with Gasteiger partial charge in [0, 0.05) is 24.4 Å². The van der Waals surface area contributed by atoms with Gasteiger partial charge in [-0.15, -0.1) is 0 Å². The molecule has 5 N–H and O–H groups in total. The Morgan fingerprint density at radius 1 is 1.22 bits per heavy atom. The summed E-state index contributed by atoms with van der Waals surface area (Å²) >= 11 is 0. The summed E-state index contributed by atoms with van der Waals surface area (Å²) in [5.74, 6) is -1.29. The van der Waals surface area contributed by atoms with Gasteiger partial charge in [0.05, 0.1) is 6.42 Å². The molecule has 8 unspecified atom stereocenters. The van der Waals surface area contributed by atoms with Crippen LogP contribution in [0.15, 0.2) is 11.1 Å². The van der Waals surface area contributed by atoms with Crippen molar-refractivity contribution in [1.29, 1.82) is 0 Å². The van der Waals surface area contributed by atoms with Gasteiger partial charge in [-0.3, -0.25) is 4.79 Å². The van der Waals surface area contributed by atoms with Gasteiger partial charge in [-0.25, -0.2) is 0 Å². The fraction of sp³-hybridized carbons (Fsp3) is 0.850. The number of esters is 1. The van der Waals surface area contributed by atoms with Crippen LogP contribution < -0.4 is 0 Å². The van der Waals surface area contributed by atoms with Crippen LogP contribution in [0.3, 0.4) is 0 Å². The molecule has 1 heterocycles. The average molecular weight is 382 g/mol. The summed E-state index contributed by atoms with van der Waals surface area (Å²) in [5.41, 5.74) is -8.19. The largest absolute Gasteiger partial charge is 0.450 e. The SMILES string of the molecule is CC1=C(C(C)CO)CC2(O)C3(C)CC(=O)OC4(C(O)C(C)CCC34O)C12O. The van der Waals surface area contributed by atoms with Crippen LogP contribution in [0.4, 0.5) is 0 Å². The molecule has 3 aliphatic carbocycles. The van der Waals surface area contributed by atoms with E-state index in [4.69, 9.17) is 4.74 Å². The van der Waals surface area contributed by atoms with Gasteiger partial charge in [0.25, 0.3) is 0 Å².